The maximum atomic E-state index is 13.5. The molecule has 0 radical (unpaired) electrons. The first-order valence-corrected chi connectivity index (χ1v) is 13.8. The fourth-order valence-corrected chi connectivity index (χ4v) is 4.43. The van der Waals surface area contributed by atoms with Gasteiger partial charge in [0.2, 0.25) is 5.91 Å². The van der Waals surface area contributed by atoms with Gasteiger partial charge in [0.25, 0.3) is 0 Å². The Morgan fingerprint density at radius 2 is 1.00 bits per heavy atom. The average Bonchev–Trinajstić information content (AvgIpc) is 3.00. The second-order valence-electron chi connectivity index (χ2n) is 10.2. The van der Waals surface area contributed by atoms with Gasteiger partial charge in [-0.25, -0.2) is 9.59 Å². The summed E-state index contributed by atoms with van der Waals surface area (Å²) in [6.07, 6.45) is -8.26. The Kier molecular flexibility index (Phi) is 13.5. The van der Waals surface area contributed by atoms with Crippen LogP contribution in [0.25, 0.3) is 21.5 Å². The molecule has 0 saturated carbocycles. The Labute approximate surface area is 260 Å². The van der Waals surface area contributed by atoms with Crippen LogP contribution in [0, 0.1) is 5.41 Å². The van der Waals surface area contributed by atoms with Crippen molar-refractivity contribution in [2.75, 3.05) is 19.6 Å². The first-order chi connectivity index (χ1) is 21.5. The standard InChI is InChI=1S/C28H31N3O.2C2HF3O2/c29-14-5-15-31-27(32)28(20-30,18-21-10-12-23-6-1-3-8-25(23)16-21)19-22-11-13-24-7-2-4-9-26(24)17-22;2*3-2(4,5)1(6)7/h1-4,6-13,16-17H,5,14-15,18-20,29-30H2,(H,31,32);2*(H,6,7). The van der Waals surface area contributed by atoms with Gasteiger partial charge in [0, 0.05) is 13.1 Å². The normalized spacial score (nSPS) is 11.6. The van der Waals surface area contributed by atoms with E-state index in [-0.39, 0.29) is 12.5 Å². The molecule has 0 aliphatic rings. The number of aliphatic carboxylic acids is 2. The number of carboxylic acid groups (broad SMARTS) is 2. The van der Waals surface area contributed by atoms with Crippen LogP contribution in [0.4, 0.5) is 26.3 Å². The topological polar surface area (TPSA) is 156 Å². The average molecular weight is 654 g/mol. The lowest BCUT2D eigenvalue weighted by Gasteiger charge is -2.32. The molecular weight excluding hydrogens is 620 g/mol. The summed E-state index contributed by atoms with van der Waals surface area (Å²) < 4.78 is 63.5. The molecule has 7 N–H and O–H groups in total. The van der Waals surface area contributed by atoms with E-state index < -0.39 is 29.7 Å². The molecule has 8 nitrogen and oxygen atoms in total. The molecule has 0 spiro atoms. The second-order valence-corrected chi connectivity index (χ2v) is 10.2. The summed E-state index contributed by atoms with van der Waals surface area (Å²) in [5, 5.41) is 22.1. The smallest absolute Gasteiger partial charge is 0.475 e. The molecule has 0 aliphatic carbocycles. The first-order valence-electron chi connectivity index (χ1n) is 13.8. The highest BCUT2D eigenvalue weighted by atomic mass is 19.4. The molecule has 1 amide bonds. The third kappa shape index (κ3) is 11.3. The van der Waals surface area contributed by atoms with Gasteiger partial charge in [-0.15, -0.1) is 0 Å². The molecule has 14 heteroatoms. The van der Waals surface area contributed by atoms with Gasteiger partial charge in [0.1, 0.15) is 0 Å². The van der Waals surface area contributed by atoms with Crippen molar-refractivity contribution in [1.29, 1.82) is 0 Å². The Morgan fingerprint density at radius 3 is 1.33 bits per heavy atom. The van der Waals surface area contributed by atoms with Crippen LogP contribution in [0.2, 0.25) is 0 Å². The third-order valence-corrected chi connectivity index (χ3v) is 6.74. The van der Waals surface area contributed by atoms with Crippen LogP contribution in [-0.2, 0) is 27.2 Å². The number of amides is 1. The summed E-state index contributed by atoms with van der Waals surface area (Å²) in [5.41, 5.74) is 13.5. The SMILES string of the molecule is NCCCNC(=O)C(CN)(Cc1ccc2ccccc2c1)Cc1ccc2ccccc2c1.O=C(O)C(F)(F)F.O=C(O)C(F)(F)F. The number of hydrogen-bond acceptors (Lipinski definition) is 5. The highest BCUT2D eigenvalue weighted by Crippen LogP contribution is 2.30. The van der Waals surface area contributed by atoms with Crippen LogP contribution in [0.5, 0.6) is 0 Å². The van der Waals surface area contributed by atoms with Gasteiger partial charge >= 0.3 is 24.3 Å². The number of rotatable bonds is 9. The number of nitrogens with one attached hydrogen (secondary N) is 1. The summed E-state index contributed by atoms with van der Waals surface area (Å²) in [7, 11) is 0. The zero-order chi connectivity index (χ0) is 34.5. The fraction of sp³-hybridized carbons (Fsp3) is 0.281. The van der Waals surface area contributed by atoms with Crippen LogP contribution < -0.4 is 16.8 Å². The van der Waals surface area contributed by atoms with Crippen molar-refractivity contribution in [3.05, 3.63) is 96.1 Å². The molecule has 0 aliphatic heterocycles. The second kappa shape index (κ2) is 16.6. The van der Waals surface area contributed by atoms with Crippen LogP contribution in [-0.4, -0.2) is 60.0 Å². The van der Waals surface area contributed by atoms with E-state index in [9.17, 15) is 31.1 Å². The number of benzene rings is 4. The predicted octanol–water partition coefficient (Wildman–Crippen LogP) is 5.45. The van der Waals surface area contributed by atoms with E-state index in [1.165, 1.54) is 21.5 Å². The van der Waals surface area contributed by atoms with E-state index in [4.69, 9.17) is 31.3 Å². The van der Waals surface area contributed by atoms with E-state index >= 15 is 0 Å². The highest BCUT2D eigenvalue weighted by molar-refractivity contribution is 5.86. The molecule has 0 fully saturated rings. The van der Waals surface area contributed by atoms with Crippen LogP contribution in [0.3, 0.4) is 0 Å². The Balaban J connectivity index is 0.000000440. The van der Waals surface area contributed by atoms with Crippen molar-refractivity contribution < 1.29 is 50.9 Å². The van der Waals surface area contributed by atoms with Gasteiger partial charge in [-0.05, 0) is 58.5 Å². The summed E-state index contributed by atoms with van der Waals surface area (Å²) in [4.78, 5) is 31.3. The van der Waals surface area contributed by atoms with E-state index in [2.05, 4.69) is 66.0 Å². The molecule has 0 heterocycles. The molecule has 0 unspecified atom stereocenters. The quantitative estimate of drug-likeness (QED) is 0.119. The number of halogens is 6. The summed E-state index contributed by atoms with van der Waals surface area (Å²) in [6, 6.07) is 29.4. The number of carbonyl (C=O) groups is 3. The molecule has 4 rings (SSSR count). The molecule has 0 atom stereocenters. The number of carbonyl (C=O) groups excluding carboxylic acids is 1. The third-order valence-electron chi connectivity index (χ3n) is 6.74. The van der Waals surface area contributed by atoms with Gasteiger partial charge in [0.05, 0.1) is 5.41 Å². The molecule has 4 aromatic rings. The van der Waals surface area contributed by atoms with Gasteiger partial charge in [-0.1, -0.05) is 84.9 Å². The molecule has 4 aromatic carbocycles. The zero-order valence-electron chi connectivity index (χ0n) is 24.4. The molecular formula is C32H33F6N3O5. The Hall–Kier alpha value is -4.69. The number of fused-ring (bicyclic) bond motifs is 2. The summed E-state index contributed by atoms with van der Waals surface area (Å²) in [6.45, 7) is 1.37. The van der Waals surface area contributed by atoms with Crippen LogP contribution in [0.15, 0.2) is 84.9 Å². The van der Waals surface area contributed by atoms with E-state index in [1.807, 2.05) is 24.3 Å². The van der Waals surface area contributed by atoms with E-state index in [1.54, 1.807) is 0 Å². The lowest BCUT2D eigenvalue weighted by atomic mass is 9.75. The van der Waals surface area contributed by atoms with E-state index in [0.717, 1.165) is 17.5 Å². The molecule has 248 valence electrons. The highest BCUT2D eigenvalue weighted by Gasteiger charge is 2.39. The zero-order valence-corrected chi connectivity index (χ0v) is 24.4. The Bertz CT molecular complexity index is 1520. The van der Waals surface area contributed by atoms with Crippen LogP contribution >= 0.6 is 0 Å². The van der Waals surface area contributed by atoms with Crippen molar-refractivity contribution in [1.82, 2.24) is 5.32 Å². The molecule has 0 bridgehead atoms. The van der Waals surface area contributed by atoms with Crippen molar-refractivity contribution in [3.63, 3.8) is 0 Å². The van der Waals surface area contributed by atoms with Crippen molar-refractivity contribution >= 4 is 39.4 Å². The minimum atomic E-state index is -5.08. The number of hydrogen-bond donors (Lipinski definition) is 5. The minimum absolute atomic E-state index is 0.00485. The lowest BCUT2D eigenvalue weighted by Crippen LogP contribution is -2.49. The van der Waals surface area contributed by atoms with Gasteiger partial charge in [-0.3, -0.25) is 4.79 Å². The van der Waals surface area contributed by atoms with Crippen molar-refractivity contribution in [3.8, 4) is 0 Å². The first kappa shape index (κ1) is 37.5. The molecule has 0 aromatic heterocycles. The number of nitrogens with two attached hydrogens (primary N) is 2. The summed E-state index contributed by atoms with van der Waals surface area (Å²) in [5.74, 6) is -5.52. The van der Waals surface area contributed by atoms with Crippen molar-refractivity contribution in [2.24, 2.45) is 16.9 Å². The monoisotopic (exact) mass is 653 g/mol. The lowest BCUT2D eigenvalue weighted by molar-refractivity contribution is -0.193. The number of carboxylic acids is 2. The maximum Gasteiger partial charge on any atom is 0.490 e. The predicted molar refractivity (Wildman–Crippen MR) is 161 cm³/mol. The van der Waals surface area contributed by atoms with Gasteiger partial charge < -0.3 is 27.0 Å². The van der Waals surface area contributed by atoms with Gasteiger partial charge in [0.15, 0.2) is 0 Å². The maximum absolute atomic E-state index is 13.5. The largest absolute Gasteiger partial charge is 0.490 e. The van der Waals surface area contributed by atoms with E-state index in [0.29, 0.717) is 25.9 Å². The molecule has 46 heavy (non-hydrogen) atoms. The minimum Gasteiger partial charge on any atom is -0.475 e. The summed E-state index contributed by atoms with van der Waals surface area (Å²) >= 11 is 0. The van der Waals surface area contributed by atoms with Gasteiger partial charge in [-0.2, -0.15) is 26.3 Å². The fourth-order valence-electron chi connectivity index (χ4n) is 4.43. The van der Waals surface area contributed by atoms with Crippen molar-refractivity contribution in [2.45, 2.75) is 31.6 Å². The molecule has 0 saturated heterocycles. The number of alkyl halides is 6. The Morgan fingerprint density at radius 1 is 0.630 bits per heavy atom. The van der Waals surface area contributed by atoms with Crippen LogP contribution in [0.1, 0.15) is 17.5 Å².